The van der Waals surface area contributed by atoms with E-state index in [0.29, 0.717) is 24.7 Å². The fraction of sp³-hybridized carbons (Fsp3) is 0.455. The maximum atomic E-state index is 5.78. The van der Waals surface area contributed by atoms with Crippen molar-refractivity contribution < 1.29 is 13.7 Å². The van der Waals surface area contributed by atoms with Crippen LogP contribution in [0.1, 0.15) is 23.5 Å². The molecule has 17 heavy (non-hydrogen) atoms. The number of nitrogens with two attached hydrogens (primary N) is 1. The van der Waals surface area contributed by atoms with E-state index >= 15 is 0 Å². The van der Waals surface area contributed by atoms with Crippen molar-refractivity contribution in [2.75, 3.05) is 13.7 Å². The molecule has 0 fully saturated rings. The number of furan rings is 1. The fourth-order valence-corrected chi connectivity index (χ4v) is 1.46. The maximum Gasteiger partial charge on any atom is 0.227 e. The third kappa shape index (κ3) is 3.15. The maximum absolute atomic E-state index is 5.78. The van der Waals surface area contributed by atoms with Crippen LogP contribution in [0.15, 0.2) is 27.3 Å². The Balaban J connectivity index is 1.89. The summed E-state index contributed by atoms with van der Waals surface area (Å²) in [6.07, 6.45) is 3.01. The lowest BCUT2D eigenvalue weighted by Gasteiger charge is -2.03. The molecule has 2 aromatic rings. The second kappa shape index (κ2) is 5.60. The lowest BCUT2D eigenvalue weighted by Crippen LogP contribution is -2.17. The lowest BCUT2D eigenvalue weighted by molar-refractivity contribution is 0.177. The highest BCUT2D eigenvalue weighted by atomic mass is 16.5. The number of nitrogens with zero attached hydrogens (tertiary/aromatic N) is 2. The molecule has 0 bridgehead atoms. The molecule has 0 radical (unpaired) electrons. The molecule has 2 rings (SSSR count). The Morgan fingerprint density at radius 2 is 2.35 bits per heavy atom. The first-order valence-corrected chi connectivity index (χ1v) is 5.39. The summed E-state index contributed by atoms with van der Waals surface area (Å²) in [7, 11) is 1.58. The SMILES string of the molecule is COCC(N)c1noc(CCc2ccco2)n1. The predicted molar refractivity (Wildman–Crippen MR) is 59.2 cm³/mol. The van der Waals surface area contributed by atoms with E-state index in [1.807, 2.05) is 12.1 Å². The van der Waals surface area contributed by atoms with Gasteiger partial charge in [0.25, 0.3) is 0 Å². The molecule has 0 aromatic carbocycles. The highest BCUT2D eigenvalue weighted by molar-refractivity contribution is 5.00. The van der Waals surface area contributed by atoms with Gasteiger partial charge in [-0.2, -0.15) is 4.98 Å². The third-order valence-corrected chi connectivity index (χ3v) is 2.33. The van der Waals surface area contributed by atoms with Gasteiger partial charge in [-0.1, -0.05) is 5.16 Å². The summed E-state index contributed by atoms with van der Waals surface area (Å²) in [6.45, 7) is 0.372. The van der Waals surface area contributed by atoms with E-state index in [-0.39, 0.29) is 6.04 Å². The normalized spacial score (nSPS) is 12.8. The highest BCUT2D eigenvalue weighted by Crippen LogP contribution is 2.09. The van der Waals surface area contributed by atoms with Crippen LogP contribution in [0.5, 0.6) is 0 Å². The minimum Gasteiger partial charge on any atom is -0.469 e. The molecule has 6 heteroatoms. The zero-order valence-electron chi connectivity index (χ0n) is 9.63. The number of hydrogen-bond acceptors (Lipinski definition) is 6. The quantitative estimate of drug-likeness (QED) is 0.809. The van der Waals surface area contributed by atoms with Crippen LogP contribution in [0, 0.1) is 0 Å². The fourth-order valence-electron chi connectivity index (χ4n) is 1.46. The number of ether oxygens (including phenoxy) is 1. The number of aryl methyl sites for hydroxylation is 2. The largest absolute Gasteiger partial charge is 0.469 e. The Bertz CT molecular complexity index is 439. The Morgan fingerprint density at radius 1 is 1.47 bits per heavy atom. The van der Waals surface area contributed by atoms with Gasteiger partial charge >= 0.3 is 0 Å². The van der Waals surface area contributed by atoms with Crippen LogP contribution in [0.3, 0.4) is 0 Å². The first-order chi connectivity index (χ1) is 8.29. The Morgan fingerprint density at radius 3 is 3.06 bits per heavy atom. The molecule has 1 atom stereocenters. The minimum absolute atomic E-state index is 0.346. The number of hydrogen-bond donors (Lipinski definition) is 1. The Labute approximate surface area is 98.7 Å². The van der Waals surface area contributed by atoms with Crippen LogP contribution in [0.25, 0.3) is 0 Å². The van der Waals surface area contributed by atoms with E-state index in [0.717, 1.165) is 12.2 Å². The van der Waals surface area contributed by atoms with E-state index in [1.54, 1.807) is 13.4 Å². The second-order valence-electron chi connectivity index (χ2n) is 3.69. The topological polar surface area (TPSA) is 87.3 Å². The summed E-state index contributed by atoms with van der Waals surface area (Å²) < 4.78 is 15.2. The van der Waals surface area contributed by atoms with Crippen molar-refractivity contribution in [1.82, 2.24) is 10.1 Å². The Hall–Kier alpha value is -1.66. The monoisotopic (exact) mass is 237 g/mol. The van der Waals surface area contributed by atoms with E-state index in [2.05, 4.69) is 10.1 Å². The molecule has 2 aromatic heterocycles. The standard InChI is InChI=1S/C11H15N3O3/c1-15-7-9(12)11-13-10(17-14-11)5-4-8-3-2-6-16-8/h2-3,6,9H,4-5,7,12H2,1H3. The van der Waals surface area contributed by atoms with Gasteiger partial charge in [-0.3, -0.25) is 0 Å². The van der Waals surface area contributed by atoms with Crippen LogP contribution < -0.4 is 5.73 Å². The highest BCUT2D eigenvalue weighted by Gasteiger charge is 2.14. The number of methoxy groups -OCH3 is 1. The first-order valence-electron chi connectivity index (χ1n) is 5.39. The van der Waals surface area contributed by atoms with Crippen molar-refractivity contribution in [1.29, 1.82) is 0 Å². The second-order valence-corrected chi connectivity index (χ2v) is 3.69. The molecule has 0 spiro atoms. The van der Waals surface area contributed by atoms with E-state index in [4.69, 9.17) is 19.4 Å². The van der Waals surface area contributed by atoms with Crippen molar-refractivity contribution in [2.45, 2.75) is 18.9 Å². The molecule has 0 aliphatic heterocycles. The molecular weight excluding hydrogens is 222 g/mol. The van der Waals surface area contributed by atoms with Gasteiger partial charge in [0, 0.05) is 20.0 Å². The first kappa shape index (κ1) is 11.8. The summed E-state index contributed by atoms with van der Waals surface area (Å²) in [6, 6.07) is 3.41. The molecule has 2 N–H and O–H groups in total. The molecule has 2 heterocycles. The zero-order valence-corrected chi connectivity index (χ0v) is 9.63. The summed E-state index contributed by atoms with van der Waals surface area (Å²) >= 11 is 0. The van der Waals surface area contributed by atoms with Crippen LogP contribution in [-0.4, -0.2) is 23.9 Å². The van der Waals surface area contributed by atoms with Crippen molar-refractivity contribution in [3.05, 3.63) is 35.9 Å². The molecule has 0 saturated carbocycles. The molecule has 0 aliphatic rings. The van der Waals surface area contributed by atoms with Gasteiger partial charge in [-0.25, -0.2) is 0 Å². The molecule has 0 amide bonds. The predicted octanol–water partition coefficient (Wildman–Crippen LogP) is 1.09. The van der Waals surface area contributed by atoms with Gasteiger partial charge in [-0.05, 0) is 12.1 Å². The Kier molecular flexibility index (Phi) is 3.89. The third-order valence-electron chi connectivity index (χ3n) is 2.33. The molecular formula is C11H15N3O3. The lowest BCUT2D eigenvalue weighted by atomic mass is 10.2. The van der Waals surface area contributed by atoms with Gasteiger partial charge in [0.05, 0.1) is 18.9 Å². The molecule has 92 valence electrons. The van der Waals surface area contributed by atoms with E-state index in [1.165, 1.54) is 0 Å². The number of rotatable bonds is 6. The molecule has 6 nitrogen and oxygen atoms in total. The van der Waals surface area contributed by atoms with E-state index in [9.17, 15) is 0 Å². The van der Waals surface area contributed by atoms with Crippen LogP contribution in [0.2, 0.25) is 0 Å². The van der Waals surface area contributed by atoms with Gasteiger partial charge in [0.15, 0.2) is 5.82 Å². The van der Waals surface area contributed by atoms with Gasteiger partial charge in [0.1, 0.15) is 5.76 Å². The van der Waals surface area contributed by atoms with E-state index < -0.39 is 0 Å². The zero-order chi connectivity index (χ0) is 12.1. The van der Waals surface area contributed by atoms with Gasteiger partial charge in [0.2, 0.25) is 5.89 Å². The molecule has 0 aliphatic carbocycles. The smallest absolute Gasteiger partial charge is 0.227 e. The summed E-state index contributed by atoms with van der Waals surface area (Å²) in [5.74, 6) is 1.93. The van der Waals surface area contributed by atoms with Gasteiger partial charge in [-0.15, -0.1) is 0 Å². The molecule has 1 unspecified atom stereocenters. The van der Waals surface area contributed by atoms with Gasteiger partial charge < -0.3 is 19.4 Å². The summed E-state index contributed by atoms with van der Waals surface area (Å²) in [4.78, 5) is 4.20. The summed E-state index contributed by atoms with van der Waals surface area (Å²) in [5.41, 5.74) is 5.78. The van der Waals surface area contributed by atoms with Crippen molar-refractivity contribution in [2.24, 2.45) is 5.73 Å². The average molecular weight is 237 g/mol. The average Bonchev–Trinajstić information content (AvgIpc) is 2.98. The molecule has 0 saturated heterocycles. The van der Waals surface area contributed by atoms with Crippen LogP contribution in [0.4, 0.5) is 0 Å². The number of aromatic nitrogens is 2. The van der Waals surface area contributed by atoms with Crippen molar-refractivity contribution in [3.63, 3.8) is 0 Å². The minimum atomic E-state index is -0.346. The van der Waals surface area contributed by atoms with Crippen molar-refractivity contribution in [3.8, 4) is 0 Å². The summed E-state index contributed by atoms with van der Waals surface area (Å²) in [5, 5.41) is 3.81. The van der Waals surface area contributed by atoms with Crippen LogP contribution >= 0.6 is 0 Å². The van der Waals surface area contributed by atoms with Crippen molar-refractivity contribution >= 4 is 0 Å². The van der Waals surface area contributed by atoms with Crippen LogP contribution in [-0.2, 0) is 17.6 Å².